The number of aliphatic hydroxyl groups is 1. The van der Waals surface area contributed by atoms with Gasteiger partial charge >= 0.3 is 6.18 Å². The van der Waals surface area contributed by atoms with Crippen LogP contribution in [0.1, 0.15) is 48.4 Å². The van der Waals surface area contributed by atoms with Crippen molar-refractivity contribution in [2.24, 2.45) is 0 Å². The normalized spacial score (nSPS) is 25.2. The van der Waals surface area contributed by atoms with E-state index in [0.717, 1.165) is 4.76 Å². The summed E-state index contributed by atoms with van der Waals surface area (Å²) in [5, 5.41) is 24.4. The topological polar surface area (TPSA) is 72.6 Å². The Balaban J connectivity index is 1.91. The van der Waals surface area contributed by atoms with Gasteiger partial charge in [0.05, 0.1) is 16.6 Å². The van der Waals surface area contributed by atoms with Crippen LogP contribution in [-0.4, -0.2) is 33.3 Å². The predicted molar refractivity (Wildman–Crippen MR) is 112 cm³/mol. The Morgan fingerprint density at radius 2 is 2.03 bits per heavy atom. The number of nitrogens with zero attached hydrogens (tertiary/aromatic N) is 1. The summed E-state index contributed by atoms with van der Waals surface area (Å²) in [5.74, 6) is -1.01. The number of hydrogen-bond donors (Lipinski definition) is 3. The third kappa shape index (κ3) is 3.38. The molecule has 5 nitrogen and oxygen atoms in total. The first-order valence-corrected chi connectivity index (χ1v) is 10.3. The largest absolute Gasteiger partial charge is 0.506 e. The summed E-state index contributed by atoms with van der Waals surface area (Å²) in [7, 11) is 0. The zero-order valence-corrected chi connectivity index (χ0v) is 17.3. The maximum atomic E-state index is 14.2. The third-order valence-corrected chi connectivity index (χ3v) is 6.45. The smallest absolute Gasteiger partial charge is 0.419 e. The van der Waals surface area contributed by atoms with Crippen molar-refractivity contribution in [3.63, 3.8) is 0 Å². The molecule has 31 heavy (non-hydrogen) atoms. The molecule has 0 spiro atoms. The standard InChI is InChI=1S/C22H20ClF3N2O3/c1-2-12-11-21(30,22(24,25)26)20(14-8-9-15(23)19(29)18(12)14)27-16-6-3-7-17-13(16)5-4-10-28(17)31/h3-9,12,20,27,30H,2,10-11H2,1H3/p+1/t12-,20-,21+/m0/s1. The average molecular weight is 454 g/mol. The molecule has 2 aromatic rings. The first-order valence-electron chi connectivity index (χ1n) is 9.89. The minimum Gasteiger partial charge on any atom is -0.506 e. The number of phenolic OH excluding ortho intramolecular Hbond substituents is 1. The number of fused-ring (bicyclic) bond motifs is 2. The van der Waals surface area contributed by atoms with Crippen molar-refractivity contribution >= 4 is 29.1 Å². The molecular formula is C22H21ClF3N2O3+. The van der Waals surface area contributed by atoms with Crippen molar-refractivity contribution in [1.29, 1.82) is 0 Å². The summed E-state index contributed by atoms with van der Waals surface area (Å²) in [6.07, 6.45) is -2.02. The van der Waals surface area contributed by atoms with Crippen LogP contribution < -0.4 is 5.32 Å². The molecule has 9 heteroatoms. The van der Waals surface area contributed by atoms with Crippen LogP contribution in [0, 0.1) is 4.91 Å². The Labute approximate surface area is 181 Å². The van der Waals surface area contributed by atoms with Crippen molar-refractivity contribution in [3.8, 4) is 5.75 Å². The number of hydrogen-bond acceptors (Lipinski definition) is 4. The van der Waals surface area contributed by atoms with E-state index in [2.05, 4.69) is 5.32 Å². The molecule has 0 radical (unpaired) electrons. The number of nitrogens with one attached hydrogen (secondary N) is 1. The molecule has 0 amide bonds. The maximum Gasteiger partial charge on any atom is 0.419 e. The number of phenols is 1. The van der Waals surface area contributed by atoms with Crippen molar-refractivity contribution in [2.45, 2.75) is 43.5 Å². The van der Waals surface area contributed by atoms with E-state index in [1.54, 1.807) is 37.3 Å². The second-order valence-corrected chi connectivity index (χ2v) is 8.32. The van der Waals surface area contributed by atoms with Gasteiger partial charge < -0.3 is 15.5 Å². The van der Waals surface area contributed by atoms with Crippen LogP contribution in [0.3, 0.4) is 0 Å². The number of benzene rings is 2. The van der Waals surface area contributed by atoms with Gasteiger partial charge in [0.15, 0.2) is 5.60 Å². The number of aromatic hydroxyl groups is 1. The van der Waals surface area contributed by atoms with Gasteiger partial charge in [-0.15, -0.1) is 0 Å². The molecule has 0 saturated heterocycles. The summed E-state index contributed by atoms with van der Waals surface area (Å²) in [6, 6.07) is 5.81. The second kappa shape index (κ2) is 7.53. The summed E-state index contributed by atoms with van der Waals surface area (Å²) in [6.45, 7) is 1.83. The van der Waals surface area contributed by atoms with Gasteiger partial charge in [0.2, 0.25) is 6.54 Å². The molecule has 1 aliphatic heterocycles. The third-order valence-electron chi connectivity index (χ3n) is 6.15. The van der Waals surface area contributed by atoms with Gasteiger partial charge in [0.25, 0.3) is 5.69 Å². The van der Waals surface area contributed by atoms with E-state index in [0.29, 0.717) is 16.8 Å². The van der Waals surface area contributed by atoms with E-state index >= 15 is 0 Å². The average Bonchev–Trinajstić information content (AvgIpc) is 2.72. The van der Waals surface area contributed by atoms with Gasteiger partial charge in [-0.2, -0.15) is 13.2 Å². The molecule has 1 aliphatic carbocycles. The Kier molecular flexibility index (Phi) is 5.26. The minimum absolute atomic E-state index is 0.0374. The van der Waals surface area contributed by atoms with Gasteiger partial charge in [-0.3, -0.25) is 0 Å². The molecule has 3 atom stereocenters. The van der Waals surface area contributed by atoms with Crippen LogP contribution in [-0.2, 0) is 0 Å². The highest BCUT2D eigenvalue weighted by atomic mass is 35.5. The van der Waals surface area contributed by atoms with Crippen LogP contribution in [0.2, 0.25) is 5.02 Å². The van der Waals surface area contributed by atoms with E-state index in [1.807, 2.05) is 0 Å². The highest BCUT2D eigenvalue weighted by Crippen LogP contribution is 2.56. The van der Waals surface area contributed by atoms with E-state index < -0.39 is 30.2 Å². The lowest BCUT2D eigenvalue weighted by molar-refractivity contribution is -0.452. The van der Waals surface area contributed by atoms with Crippen molar-refractivity contribution in [3.05, 3.63) is 63.0 Å². The van der Waals surface area contributed by atoms with Crippen LogP contribution in [0.5, 0.6) is 5.75 Å². The van der Waals surface area contributed by atoms with Crippen molar-refractivity contribution < 1.29 is 28.1 Å². The first kappa shape index (κ1) is 21.6. The van der Waals surface area contributed by atoms with Gasteiger partial charge in [-0.25, -0.2) is 0 Å². The molecule has 0 fully saturated rings. The highest BCUT2D eigenvalue weighted by molar-refractivity contribution is 6.32. The van der Waals surface area contributed by atoms with E-state index in [9.17, 15) is 28.3 Å². The Morgan fingerprint density at radius 3 is 2.71 bits per heavy atom. The van der Waals surface area contributed by atoms with Gasteiger partial charge in [0, 0.05) is 27.0 Å². The summed E-state index contributed by atoms with van der Waals surface area (Å²) in [4.78, 5) is 12.1. The van der Waals surface area contributed by atoms with Gasteiger partial charge in [0.1, 0.15) is 5.75 Å². The zero-order chi connectivity index (χ0) is 22.6. The lowest BCUT2D eigenvalue weighted by Gasteiger charge is -2.46. The Morgan fingerprint density at radius 1 is 1.29 bits per heavy atom. The molecule has 2 aliphatic rings. The minimum atomic E-state index is -4.94. The number of anilines is 1. The molecule has 164 valence electrons. The predicted octanol–water partition coefficient (Wildman–Crippen LogP) is 5.83. The van der Waals surface area contributed by atoms with Crippen LogP contribution in [0.4, 0.5) is 24.5 Å². The molecule has 3 N–H and O–H groups in total. The fourth-order valence-electron chi connectivity index (χ4n) is 4.55. The SMILES string of the molecule is CC[C@H]1C[C@](O)(C(F)(F)F)[C@@H](Nc2cccc3c2C=CC[N+]3=O)c2ccc(Cl)c(O)c21. The number of halogens is 4. The first-order chi connectivity index (χ1) is 14.6. The summed E-state index contributed by atoms with van der Waals surface area (Å²) < 4.78 is 43.4. The fraction of sp³-hybridized carbons (Fsp3) is 0.364. The lowest BCUT2D eigenvalue weighted by atomic mass is 9.69. The highest BCUT2D eigenvalue weighted by Gasteiger charge is 2.62. The van der Waals surface area contributed by atoms with Gasteiger partial charge in [-0.1, -0.05) is 30.7 Å². The zero-order valence-electron chi connectivity index (χ0n) is 16.6. The molecule has 2 aromatic carbocycles. The Hall–Kier alpha value is -2.58. The van der Waals surface area contributed by atoms with Crippen molar-refractivity contribution in [1.82, 2.24) is 0 Å². The van der Waals surface area contributed by atoms with E-state index in [4.69, 9.17) is 11.6 Å². The summed E-state index contributed by atoms with van der Waals surface area (Å²) in [5.41, 5.74) is -1.64. The monoisotopic (exact) mass is 453 g/mol. The Bertz CT molecular complexity index is 1090. The number of nitroso groups, excluding NO2 is 1. The number of rotatable bonds is 3. The molecule has 1 heterocycles. The molecular weight excluding hydrogens is 433 g/mol. The van der Waals surface area contributed by atoms with Crippen molar-refractivity contribution in [2.75, 3.05) is 11.9 Å². The molecule has 4 rings (SSSR count). The molecule has 0 bridgehead atoms. The quantitative estimate of drug-likeness (QED) is 0.511. The van der Waals surface area contributed by atoms with E-state index in [-0.39, 0.29) is 35.0 Å². The molecule has 0 aromatic heterocycles. The van der Waals surface area contributed by atoms with Crippen LogP contribution >= 0.6 is 11.6 Å². The lowest BCUT2D eigenvalue weighted by Crippen LogP contribution is -2.55. The second-order valence-electron chi connectivity index (χ2n) is 7.91. The molecule has 0 unspecified atom stereocenters. The van der Waals surface area contributed by atoms with Crippen LogP contribution in [0.25, 0.3) is 6.08 Å². The maximum absolute atomic E-state index is 14.2. The summed E-state index contributed by atoms with van der Waals surface area (Å²) >= 11 is 6.04. The number of alkyl halides is 3. The molecule has 0 saturated carbocycles. The fourth-order valence-corrected chi connectivity index (χ4v) is 4.71. The van der Waals surface area contributed by atoms with Gasteiger partial charge in [-0.05, 0) is 48.6 Å². The van der Waals surface area contributed by atoms with E-state index in [1.165, 1.54) is 12.1 Å². The van der Waals surface area contributed by atoms with Crippen LogP contribution in [0.15, 0.2) is 36.4 Å².